The molecule has 2 aromatic carbocycles. The summed E-state index contributed by atoms with van der Waals surface area (Å²) in [5.74, 6) is -0.502. The van der Waals surface area contributed by atoms with Gasteiger partial charge in [-0.05, 0) is 61.2 Å². The summed E-state index contributed by atoms with van der Waals surface area (Å²) in [5, 5.41) is 2.64. The number of fused-ring (bicyclic) bond motifs is 1. The summed E-state index contributed by atoms with van der Waals surface area (Å²) in [6.07, 6.45) is 1.63. The van der Waals surface area contributed by atoms with Crippen LogP contribution in [0.1, 0.15) is 19.8 Å². The Kier molecular flexibility index (Phi) is 6.55. The van der Waals surface area contributed by atoms with E-state index in [2.05, 4.69) is 12.2 Å². The first-order valence-corrected chi connectivity index (χ1v) is 12.8. The second kappa shape index (κ2) is 9.21. The monoisotopic (exact) mass is 477 g/mol. The van der Waals surface area contributed by atoms with E-state index in [1.54, 1.807) is 12.1 Å². The summed E-state index contributed by atoms with van der Waals surface area (Å²) < 4.78 is 40.9. The molecule has 2 heterocycles. The first-order valence-electron chi connectivity index (χ1n) is 10.4. The zero-order chi connectivity index (χ0) is 22.9. The first kappa shape index (κ1) is 22.8. The number of nitrogens with one attached hydrogen (secondary N) is 1. The largest absolute Gasteiger partial charge is 0.325 e. The van der Waals surface area contributed by atoms with Gasteiger partial charge in [0, 0.05) is 23.7 Å². The van der Waals surface area contributed by atoms with Crippen molar-refractivity contribution in [2.45, 2.75) is 29.6 Å². The normalized spacial score (nSPS) is 17.8. The Hall–Kier alpha value is -2.43. The second-order valence-corrected chi connectivity index (χ2v) is 11.0. The van der Waals surface area contributed by atoms with E-state index in [0.29, 0.717) is 30.4 Å². The van der Waals surface area contributed by atoms with Crippen molar-refractivity contribution in [1.82, 2.24) is 4.31 Å². The lowest BCUT2D eigenvalue weighted by Crippen LogP contribution is -2.41. The standard InChI is InChI=1S/C22H24FN3O4S2/c1-15-8-10-25(11-9-15)32(29,30)18-6-7-20-19(12-18)26(22(28)14-31-20)13-21(27)24-17-4-2-16(23)3-5-17/h2-7,12,15H,8-11,13-14H2,1H3,(H,24,27). The lowest BCUT2D eigenvalue weighted by atomic mass is 10.0. The van der Waals surface area contributed by atoms with Gasteiger partial charge < -0.3 is 10.2 Å². The fourth-order valence-corrected chi connectivity index (χ4v) is 6.17. The second-order valence-electron chi connectivity index (χ2n) is 8.04. The van der Waals surface area contributed by atoms with Crippen LogP contribution in [0.15, 0.2) is 52.3 Å². The summed E-state index contributed by atoms with van der Waals surface area (Å²) in [6, 6.07) is 10.1. The van der Waals surface area contributed by atoms with Gasteiger partial charge in [-0.25, -0.2) is 12.8 Å². The predicted molar refractivity (Wildman–Crippen MR) is 122 cm³/mol. The third-order valence-corrected chi connectivity index (χ3v) is 8.63. The van der Waals surface area contributed by atoms with Crippen LogP contribution in [0.25, 0.3) is 0 Å². The fourth-order valence-electron chi connectivity index (χ4n) is 3.77. The third kappa shape index (κ3) is 4.82. The van der Waals surface area contributed by atoms with Crippen LogP contribution < -0.4 is 10.2 Å². The number of halogens is 1. The van der Waals surface area contributed by atoms with E-state index in [-0.39, 0.29) is 23.1 Å². The third-order valence-electron chi connectivity index (χ3n) is 5.68. The smallest absolute Gasteiger partial charge is 0.244 e. The molecule has 1 saturated heterocycles. The molecule has 1 fully saturated rings. The van der Waals surface area contributed by atoms with Gasteiger partial charge in [0.15, 0.2) is 0 Å². The van der Waals surface area contributed by atoms with Crippen molar-refractivity contribution in [3.05, 3.63) is 48.3 Å². The van der Waals surface area contributed by atoms with Gasteiger partial charge in [-0.1, -0.05) is 6.92 Å². The van der Waals surface area contributed by atoms with Crippen molar-refractivity contribution in [1.29, 1.82) is 0 Å². The molecule has 0 spiro atoms. The van der Waals surface area contributed by atoms with Crippen LogP contribution in [0, 0.1) is 11.7 Å². The van der Waals surface area contributed by atoms with E-state index in [4.69, 9.17) is 0 Å². The summed E-state index contributed by atoms with van der Waals surface area (Å²) >= 11 is 1.32. The quantitative estimate of drug-likeness (QED) is 0.714. The van der Waals surface area contributed by atoms with E-state index < -0.39 is 21.7 Å². The van der Waals surface area contributed by atoms with Crippen LogP contribution in [0.5, 0.6) is 0 Å². The summed E-state index contributed by atoms with van der Waals surface area (Å²) in [7, 11) is -3.69. The summed E-state index contributed by atoms with van der Waals surface area (Å²) in [6.45, 7) is 2.78. The molecule has 2 aromatic rings. The minimum atomic E-state index is -3.69. The number of hydrogen-bond donors (Lipinski definition) is 1. The van der Waals surface area contributed by atoms with Crippen LogP contribution in [-0.4, -0.2) is 49.9 Å². The molecular formula is C22H24FN3O4S2. The van der Waals surface area contributed by atoms with Gasteiger partial charge in [0.05, 0.1) is 16.3 Å². The Bertz CT molecular complexity index is 1130. The van der Waals surface area contributed by atoms with Crippen molar-refractivity contribution in [3.8, 4) is 0 Å². The topological polar surface area (TPSA) is 86.8 Å². The molecule has 0 saturated carbocycles. The number of thioether (sulfide) groups is 1. The number of benzene rings is 2. The average Bonchev–Trinajstić information content (AvgIpc) is 2.77. The Morgan fingerprint density at radius 1 is 1.16 bits per heavy atom. The van der Waals surface area contributed by atoms with Crippen molar-refractivity contribution >= 4 is 45.0 Å². The highest BCUT2D eigenvalue weighted by molar-refractivity contribution is 8.00. The van der Waals surface area contributed by atoms with E-state index in [0.717, 1.165) is 17.7 Å². The minimum absolute atomic E-state index is 0.116. The lowest BCUT2D eigenvalue weighted by Gasteiger charge is -2.31. The Labute approximate surface area is 191 Å². The fraction of sp³-hybridized carbons (Fsp3) is 0.364. The van der Waals surface area contributed by atoms with Crippen molar-refractivity contribution < 1.29 is 22.4 Å². The van der Waals surface area contributed by atoms with E-state index >= 15 is 0 Å². The average molecular weight is 478 g/mol. The van der Waals surface area contributed by atoms with Crippen molar-refractivity contribution in [2.75, 3.05) is 35.6 Å². The van der Waals surface area contributed by atoms with E-state index in [1.165, 1.54) is 51.3 Å². The molecule has 170 valence electrons. The number of carbonyl (C=O) groups excluding carboxylic acids is 2. The lowest BCUT2D eigenvalue weighted by molar-refractivity contribution is -0.120. The number of anilines is 2. The van der Waals surface area contributed by atoms with Crippen molar-refractivity contribution in [3.63, 3.8) is 0 Å². The molecule has 0 aromatic heterocycles. The number of hydrogen-bond acceptors (Lipinski definition) is 5. The molecule has 0 radical (unpaired) electrons. The molecule has 2 aliphatic rings. The maximum absolute atomic E-state index is 13.2. The van der Waals surface area contributed by atoms with Crippen molar-refractivity contribution in [2.24, 2.45) is 5.92 Å². The van der Waals surface area contributed by atoms with Gasteiger partial charge in [-0.3, -0.25) is 9.59 Å². The molecule has 0 aliphatic carbocycles. The molecule has 0 atom stereocenters. The highest BCUT2D eigenvalue weighted by Crippen LogP contribution is 2.37. The van der Waals surface area contributed by atoms with Gasteiger partial charge in [-0.15, -0.1) is 11.8 Å². The maximum atomic E-state index is 13.2. The van der Waals surface area contributed by atoms with Gasteiger partial charge in [-0.2, -0.15) is 4.31 Å². The zero-order valence-corrected chi connectivity index (χ0v) is 19.2. The van der Waals surface area contributed by atoms with E-state index in [9.17, 15) is 22.4 Å². The van der Waals surface area contributed by atoms with E-state index in [1.807, 2.05) is 0 Å². The molecule has 0 bridgehead atoms. The number of nitrogens with zero attached hydrogens (tertiary/aromatic N) is 2. The zero-order valence-electron chi connectivity index (χ0n) is 17.6. The highest BCUT2D eigenvalue weighted by Gasteiger charge is 2.32. The Balaban J connectivity index is 1.57. The Morgan fingerprint density at radius 2 is 1.84 bits per heavy atom. The summed E-state index contributed by atoms with van der Waals surface area (Å²) in [5.41, 5.74) is 0.818. The number of rotatable bonds is 5. The first-order chi connectivity index (χ1) is 15.2. The van der Waals surface area contributed by atoms with Gasteiger partial charge >= 0.3 is 0 Å². The molecule has 10 heteroatoms. The van der Waals surface area contributed by atoms with Crippen LogP contribution in [0.2, 0.25) is 0 Å². The van der Waals surface area contributed by atoms with Gasteiger partial charge in [0.2, 0.25) is 21.8 Å². The molecule has 0 unspecified atom stereocenters. The number of amides is 2. The highest BCUT2D eigenvalue weighted by atomic mass is 32.2. The predicted octanol–water partition coefficient (Wildman–Crippen LogP) is 3.32. The molecular weight excluding hydrogens is 453 g/mol. The molecule has 1 N–H and O–H groups in total. The number of piperidine rings is 1. The molecule has 32 heavy (non-hydrogen) atoms. The number of sulfonamides is 1. The molecule has 2 amide bonds. The Morgan fingerprint density at radius 3 is 2.53 bits per heavy atom. The van der Waals surface area contributed by atoms with Crippen LogP contribution in [0.3, 0.4) is 0 Å². The van der Waals surface area contributed by atoms with Gasteiger partial charge in [0.25, 0.3) is 0 Å². The maximum Gasteiger partial charge on any atom is 0.244 e. The summed E-state index contributed by atoms with van der Waals surface area (Å²) in [4.78, 5) is 27.3. The molecule has 7 nitrogen and oxygen atoms in total. The van der Waals surface area contributed by atoms with Gasteiger partial charge in [0.1, 0.15) is 12.4 Å². The van der Waals surface area contributed by atoms with Crippen LogP contribution >= 0.6 is 11.8 Å². The number of carbonyl (C=O) groups is 2. The molecule has 4 rings (SSSR count). The minimum Gasteiger partial charge on any atom is -0.325 e. The SMILES string of the molecule is CC1CCN(S(=O)(=O)c2ccc3c(c2)N(CC(=O)Nc2ccc(F)cc2)C(=O)CS3)CC1. The molecule has 2 aliphatic heterocycles. The van der Waals surface area contributed by atoms with Crippen LogP contribution in [-0.2, 0) is 19.6 Å². The van der Waals surface area contributed by atoms with Crippen LogP contribution in [0.4, 0.5) is 15.8 Å².